The highest BCUT2D eigenvalue weighted by atomic mass is 16.6. The van der Waals surface area contributed by atoms with E-state index < -0.39 is 17.8 Å². The van der Waals surface area contributed by atoms with E-state index in [1.165, 1.54) is 32.2 Å². The Balaban J connectivity index is 2.07. The lowest BCUT2D eigenvalue weighted by Gasteiger charge is -2.08. The molecule has 7 nitrogen and oxygen atoms in total. The molecule has 1 amide bonds. The molecule has 0 bridgehead atoms. The quantitative estimate of drug-likeness (QED) is 0.639. The number of esters is 2. The Labute approximate surface area is 144 Å². The molecular formula is C18H17NO6. The van der Waals surface area contributed by atoms with Gasteiger partial charge >= 0.3 is 11.9 Å². The van der Waals surface area contributed by atoms with Crippen LogP contribution in [-0.2, 0) is 25.7 Å². The first-order valence-electron chi connectivity index (χ1n) is 7.38. The summed E-state index contributed by atoms with van der Waals surface area (Å²) >= 11 is 0. The zero-order valence-corrected chi connectivity index (χ0v) is 13.8. The highest BCUT2D eigenvalue weighted by Gasteiger charge is 2.16. The van der Waals surface area contributed by atoms with Crippen LogP contribution in [0.3, 0.4) is 0 Å². The van der Waals surface area contributed by atoms with Gasteiger partial charge in [0.25, 0.3) is 0 Å². The molecule has 0 aliphatic heterocycles. The molecule has 0 atom stereocenters. The van der Waals surface area contributed by atoms with E-state index in [4.69, 9.17) is 9.15 Å². The maximum atomic E-state index is 12.2. The lowest BCUT2D eigenvalue weighted by atomic mass is 10.2. The van der Waals surface area contributed by atoms with Crippen LogP contribution in [0.25, 0.3) is 6.08 Å². The lowest BCUT2D eigenvalue weighted by molar-refractivity contribution is -0.142. The zero-order valence-electron chi connectivity index (χ0n) is 13.8. The number of methoxy groups -OCH3 is 1. The molecule has 130 valence electrons. The van der Waals surface area contributed by atoms with Gasteiger partial charge < -0.3 is 19.2 Å². The van der Waals surface area contributed by atoms with Crippen molar-refractivity contribution in [2.45, 2.75) is 13.5 Å². The third-order valence-corrected chi connectivity index (χ3v) is 3.03. The van der Waals surface area contributed by atoms with E-state index >= 15 is 0 Å². The van der Waals surface area contributed by atoms with Crippen LogP contribution in [0.2, 0.25) is 0 Å². The largest absolute Gasteiger partial charge is 0.463 e. The highest BCUT2D eigenvalue weighted by Crippen LogP contribution is 2.12. The predicted octanol–water partition coefficient (Wildman–Crippen LogP) is 2.29. The van der Waals surface area contributed by atoms with Crippen molar-refractivity contribution in [2.24, 2.45) is 0 Å². The minimum Gasteiger partial charge on any atom is -0.463 e. The van der Waals surface area contributed by atoms with E-state index in [0.29, 0.717) is 0 Å². The smallest absolute Gasteiger partial charge is 0.373 e. The van der Waals surface area contributed by atoms with Crippen molar-refractivity contribution in [3.63, 3.8) is 0 Å². The second-order valence-electron chi connectivity index (χ2n) is 4.98. The van der Waals surface area contributed by atoms with Gasteiger partial charge in [-0.1, -0.05) is 30.3 Å². The number of amides is 1. The maximum absolute atomic E-state index is 12.2. The van der Waals surface area contributed by atoms with Gasteiger partial charge in [-0.2, -0.15) is 0 Å². The highest BCUT2D eigenvalue weighted by molar-refractivity contribution is 5.97. The van der Waals surface area contributed by atoms with Gasteiger partial charge in [-0.25, -0.2) is 9.59 Å². The second-order valence-corrected chi connectivity index (χ2v) is 4.98. The first kappa shape index (κ1) is 18.0. The van der Waals surface area contributed by atoms with E-state index in [9.17, 15) is 14.4 Å². The topological polar surface area (TPSA) is 94.8 Å². The fourth-order valence-electron chi connectivity index (χ4n) is 1.93. The Morgan fingerprint density at radius 3 is 2.48 bits per heavy atom. The van der Waals surface area contributed by atoms with Crippen LogP contribution in [0.5, 0.6) is 0 Å². The molecule has 0 radical (unpaired) electrons. The first-order chi connectivity index (χ1) is 12.0. The Morgan fingerprint density at radius 1 is 1.12 bits per heavy atom. The molecule has 0 saturated carbocycles. The molecule has 25 heavy (non-hydrogen) atoms. The van der Waals surface area contributed by atoms with Gasteiger partial charge in [0.2, 0.25) is 11.7 Å². The van der Waals surface area contributed by atoms with E-state index in [1.807, 2.05) is 6.07 Å². The van der Waals surface area contributed by atoms with Gasteiger partial charge in [-0.05, 0) is 23.8 Å². The molecule has 0 fully saturated rings. The minimum absolute atomic E-state index is 0.00144. The molecule has 0 aliphatic carbocycles. The van der Waals surface area contributed by atoms with Gasteiger partial charge in [-0.3, -0.25) is 4.79 Å². The number of benzene rings is 1. The van der Waals surface area contributed by atoms with Gasteiger partial charge in [0.05, 0.1) is 7.11 Å². The Morgan fingerprint density at radius 2 is 1.84 bits per heavy atom. The summed E-state index contributed by atoms with van der Waals surface area (Å²) < 4.78 is 14.9. The molecule has 2 aromatic rings. The number of furan rings is 1. The Hall–Kier alpha value is -3.35. The van der Waals surface area contributed by atoms with Crippen LogP contribution in [0.4, 0.5) is 0 Å². The number of hydrogen-bond acceptors (Lipinski definition) is 6. The van der Waals surface area contributed by atoms with Crippen LogP contribution in [0, 0.1) is 0 Å². The molecule has 1 aromatic heterocycles. The summed E-state index contributed by atoms with van der Waals surface area (Å²) in [6, 6.07) is 11.9. The average molecular weight is 343 g/mol. The van der Waals surface area contributed by atoms with Crippen LogP contribution in [0.15, 0.2) is 52.6 Å². The van der Waals surface area contributed by atoms with Crippen molar-refractivity contribution in [3.8, 4) is 0 Å². The van der Waals surface area contributed by atoms with Crippen molar-refractivity contribution in [2.75, 3.05) is 7.11 Å². The van der Waals surface area contributed by atoms with Crippen LogP contribution in [-0.4, -0.2) is 25.0 Å². The summed E-state index contributed by atoms with van der Waals surface area (Å²) in [5, 5.41) is 2.44. The summed E-state index contributed by atoms with van der Waals surface area (Å²) in [7, 11) is 1.23. The van der Waals surface area contributed by atoms with E-state index in [1.54, 1.807) is 24.3 Å². The van der Waals surface area contributed by atoms with Gasteiger partial charge in [0.15, 0.2) is 0 Å². The van der Waals surface area contributed by atoms with Crippen molar-refractivity contribution < 1.29 is 28.3 Å². The fourth-order valence-corrected chi connectivity index (χ4v) is 1.93. The number of nitrogens with one attached hydrogen (secondary N) is 1. The summed E-state index contributed by atoms with van der Waals surface area (Å²) in [6.45, 7) is 1.10. The van der Waals surface area contributed by atoms with Crippen molar-refractivity contribution in [1.82, 2.24) is 5.32 Å². The normalized spacial score (nSPS) is 10.9. The number of rotatable bonds is 6. The molecule has 1 heterocycles. The third kappa shape index (κ3) is 5.35. The number of carbonyl (C=O) groups excluding carboxylic acids is 3. The second kappa shape index (κ2) is 8.49. The van der Waals surface area contributed by atoms with Crippen molar-refractivity contribution >= 4 is 23.9 Å². The van der Waals surface area contributed by atoms with Crippen LogP contribution >= 0.6 is 0 Å². The molecular weight excluding hydrogens is 326 g/mol. The van der Waals surface area contributed by atoms with E-state index in [-0.39, 0.29) is 23.8 Å². The van der Waals surface area contributed by atoms with Gasteiger partial charge in [0, 0.05) is 6.92 Å². The molecule has 1 aromatic carbocycles. The number of hydrogen-bond donors (Lipinski definition) is 1. The molecule has 0 spiro atoms. The fraction of sp³-hybridized carbons (Fsp3) is 0.167. The summed E-state index contributed by atoms with van der Waals surface area (Å²) in [4.78, 5) is 34.8. The predicted molar refractivity (Wildman–Crippen MR) is 88.1 cm³/mol. The summed E-state index contributed by atoms with van der Waals surface area (Å²) in [6.07, 6.45) is 1.51. The van der Waals surface area contributed by atoms with Gasteiger partial charge in [0.1, 0.15) is 18.1 Å². The average Bonchev–Trinajstić information content (AvgIpc) is 3.08. The molecule has 0 aliphatic rings. The van der Waals surface area contributed by atoms with Gasteiger partial charge in [-0.15, -0.1) is 0 Å². The maximum Gasteiger partial charge on any atom is 0.373 e. The van der Waals surface area contributed by atoms with Crippen LogP contribution < -0.4 is 5.32 Å². The lowest BCUT2D eigenvalue weighted by Crippen LogP contribution is -2.26. The summed E-state index contributed by atoms with van der Waals surface area (Å²) in [5.74, 6) is -1.47. The van der Waals surface area contributed by atoms with Crippen molar-refractivity contribution in [1.29, 1.82) is 0 Å². The van der Waals surface area contributed by atoms with Crippen LogP contribution in [0.1, 0.15) is 28.8 Å². The standard InChI is InChI=1S/C18H17NO6/c1-12(20)19-15(10-13-6-4-3-5-7-13)17(21)24-11-14-8-9-16(25-14)18(22)23-2/h3-10H,11H2,1-2H3,(H,19,20)/b15-10+. The summed E-state index contributed by atoms with van der Waals surface area (Å²) in [5.41, 5.74) is 0.729. The molecule has 0 saturated heterocycles. The van der Waals surface area contributed by atoms with E-state index in [2.05, 4.69) is 10.1 Å². The Kier molecular flexibility index (Phi) is 6.11. The SMILES string of the molecule is COC(=O)c1ccc(COC(=O)/C(=C\c2ccccc2)NC(C)=O)o1. The van der Waals surface area contributed by atoms with E-state index in [0.717, 1.165) is 5.56 Å². The first-order valence-corrected chi connectivity index (χ1v) is 7.38. The third-order valence-electron chi connectivity index (χ3n) is 3.03. The molecule has 7 heteroatoms. The Bertz CT molecular complexity index is 791. The monoisotopic (exact) mass is 343 g/mol. The molecule has 0 unspecified atom stereocenters. The number of ether oxygens (including phenoxy) is 2. The number of carbonyl (C=O) groups is 3. The zero-order chi connectivity index (χ0) is 18.2. The van der Waals surface area contributed by atoms with Crippen molar-refractivity contribution in [3.05, 3.63) is 65.2 Å². The molecule has 2 rings (SSSR count). The minimum atomic E-state index is -0.727. The molecule has 1 N–H and O–H groups in total.